The molecule has 0 bridgehead atoms. The smallest absolute Gasteiger partial charge is 0.324 e. The average Bonchev–Trinajstić information content (AvgIpc) is 2.68. The van der Waals surface area contributed by atoms with Gasteiger partial charge in [-0.1, -0.05) is 41.4 Å². The number of carbonyl (C=O) groups is 1. The Balaban J connectivity index is 2.00. The largest absolute Gasteiger partial charge is 0.480 e. The lowest BCUT2D eigenvalue weighted by Crippen LogP contribution is -2.34. The van der Waals surface area contributed by atoms with E-state index in [0.29, 0.717) is 27.1 Å². The first-order valence-corrected chi connectivity index (χ1v) is 11.7. The Morgan fingerprint density at radius 2 is 1.68 bits per heavy atom. The molecule has 3 aromatic rings. The summed E-state index contributed by atoms with van der Waals surface area (Å²) >= 11 is 12.4. The Bertz CT molecular complexity index is 1230. The van der Waals surface area contributed by atoms with Crippen LogP contribution in [0.3, 0.4) is 0 Å². The first kappa shape index (κ1) is 22.9. The van der Waals surface area contributed by atoms with Crippen molar-refractivity contribution < 1.29 is 23.1 Å². The Morgan fingerprint density at radius 1 is 1.00 bits per heavy atom. The van der Waals surface area contributed by atoms with Crippen molar-refractivity contribution in [1.29, 1.82) is 0 Å². The minimum atomic E-state index is -3.76. The summed E-state index contributed by atoms with van der Waals surface area (Å²) in [5.41, 5.74) is 2.65. The molecule has 0 saturated heterocycles. The van der Waals surface area contributed by atoms with Gasteiger partial charge in [0.15, 0.2) is 0 Å². The molecule has 3 rings (SSSR count). The zero-order valence-corrected chi connectivity index (χ0v) is 19.0. The summed E-state index contributed by atoms with van der Waals surface area (Å²) < 4.78 is 30.8. The van der Waals surface area contributed by atoms with Crippen molar-refractivity contribution in [2.75, 3.05) is 17.1 Å². The Morgan fingerprint density at radius 3 is 2.29 bits per heavy atom. The van der Waals surface area contributed by atoms with Crippen LogP contribution in [-0.2, 0) is 14.8 Å². The molecule has 6 nitrogen and oxygen atoms in total. The van der Waals surface area contributed by atoms with Crippen LogP contribution < -0.4 is 9.04 Å². The maximum absolute atomic E-state index is 12.0. The van der Waals surface area contributed by atoms with Gasteiger partial charge < -0.3 is 9.84 Å². The number of anilines is 1. The molecule has 0 radical (unpaired) electrons. The van der Waals surface area contributed by atoms with Crippen LogP contribution in [0.15, 0.2) is 60.7 Å². The van der Waals surface area contributed by atoms with Gasteiger partial charge in [0.1, 0.15) is 18.0 Å². The van der Waals surface area contributed by atoms with Crippen LogP contribution in [0.5, 0.6) is 11.5 Å². The summed E-state index contributed by atoms with van der Waals surface area (Å²) in [5.74, 6) is -0.303. The van der Waals surface area contributed by atoms with Gasteiger partial charge in [-0.3, -0.25) is 9.10 Å². The van der Waals surface area contributed by atoms with E-state index in [-0.39, 0.29) is 5.69 Å². The average molecular weight is 480 g/mol. The quantitative estimate of drug-likeness (QED) is 0.475. The fourth-order valence-electron chi connectivity index (χ4n) is 2.96. The monoisotopic (exact) mass is 479 g/mol. The van der Waals surface area contributed by atoms with Gasteiger partial charge in [-0.2, -0.15) is 0 Å². The van der Waals surface area contributed by atoms with Gasteiger partial charge in [-0.25, -0.2) is 8.42 Å². The number of hydrogen-bond acceptors (Lipinski definition) is 4. The molecule has 0 heterocycles. The van der Waals surface area contributed by atoms with Crippen molar-refractivity contribution >= 4 is 44.9 Å². The first-order valence-electron chi connectivity index (χ1n) is 9.08. The fourth-order valence-corrected chi connectivity index (χ4v) is 4.12. The topological polar surface area (TPSA) is 83.9 Å². The van der Waals surface area contributed by atoms with Crippen LogP contribution in [0, 0.1) is 6.92 Å². The molecule has 0 unspecified atom stereocenters. The number of ether oxygens (including phenoxy) is 1. The van der Waals surface area contributed by atoms with Gasteiger partial charge in [0.25, 0.3) is 0 Å². The number of carboxylic acids is 1. The summed E-state index contributed by atoms with van der Waals surface area (Å²) in [5, 5.41) is 9.96. The van der Waals surface area contributed by atoms with Crippen molar-refractivity contribution in [1.82, 2.24) is 0 Å². The maximum atomic E-state index is 12.0. The molecule has 0 saturated carbocycles. The van der Waals surface area contributed by atoms with Crippen molar-refractivity contribution in [3.8, 4) is 22.6 Å². The van der Waals surface area contributed by atoms with E-state index in [9.17, 15) is 13.2 Å². The first-order chi connectivity index (χ1) is 14.5. The number of aryl methyl sites for hydroxylation is 1. The van der Waals surface area contributed by atoms with Crippen molar-refractivity contribution in [3.05, 3.63) is 76.3 Å². The number of aliphatic carboxylic acids is 1. The number of rotatable bonds is 7. The van der Waals surface area contributed by atoms with Gasteiger partial charge in [-0.15, -0.1) is 0 Å². The standard InChI is InChI=1S/C22H19Cl2NO5S/c1-14-3-10-19(24)21(11-14)30-20-12-16(23)6-9-18(20)15-4-7-17(8-5-15)25(13-22(26)27)31(2,28)29/h3-12H,13H2,1-2H3,(H,26,27). The zero-order chi connectivity index (χ0) is 22.8. The predicted octanol–water partition coefficient (Wildman–Crippen LogP) is 5.61. The van der Waals surface area contributed by atoms with E-state index in [1.165, 1.54) is 12.1 Å². The minimum absolute atomic E-state index is 0.242. The Labute approximate surface area is 190 Å². The number of carboxylic acid groups (broad SMARTS) is 1. The minimum Gasteiger partial charge on any atom is -0.480 e. The summed E-state index contributed by atoms with van der Waals surface area (Å²) in [7, 11) is -3.76. The Hall–Kier alpha value is -2.74. The molecular weight excluding hydrogens is 461 g/mol. The van der Waals surface area contributed by atoms with Crippen molar-refractivity contribution in [2.45, 2.75) is 6.92 Å². The van der Waals surface area contributed by atoms with Gasteiger partial charge >= 0.3 is 5.97 Å². The number of hydrogen-bond donors (Lipinski definition) is 1. The molecule has 0 spiro atoms. The molecule has 1 N–H and O–H groups in total. The molecule has 31 heavy (non-hydrogen) atoms. The number of halogens is 2. The SMILES string of the molecule is Cc1ccc(Cl)c(Oc2cc(Cl)ccc2-c2ccc(N(CC(=O)O)S(C)(=O)=O)cc2)c1. The summed E-state index contributed by atoms with van der Waals surface area (Å²) in [4.78, 5) is 11.1. The van der Waals surface area contributed by atoms with Crippen LogP contribution in [0.25, 0.3) is 11.1 Å². The highest BCUT2D eigenvalue weighted by Gasteiger charge is 2.20. The fraction of sp³-hybridized carbons (Fsp3) is 0.136. The van der Waals surface area contributed by atoms with Crippen molar-refractivity contribution in [3.63, 3.8) is 0 Å². The highest BCUT2D eigenvalue weighted by Crippen LogP contribution is 2.38. The molecule has 0 aromatic heterocycles. The van der Waals surface area contributed by atoms with E-state index in [1.54, 1.807) is 36.4 Å². The highest BCUT2D eigenvalue weighted by atomic mass is 35.5. The third-order valence-corrected chi connectivity index (χ3v) is 6.08. The predicted molar refractivity (Wildman–Crippen MR) is 123 cm³/mol. The van der Waals surface area contributed by atoms with Crippen LogP contribution in [0.4, 0.5) is 5.69 Å². The van der Waals surface area contributed by atoms with Crippen LogP contribution >= 0.6 is 23.2 Å². The normalized spacial score (nSPS) is 11.2. The molecule has 0 aliphatic heterocycles. The molecule has 0 atom stereocenters. The number of nitrogens with zero attached hydrogens (tertiary/aromatic N) is 1. The highest BCUT2D eigenvalue weighted by molar-refractivity contribution is 7.92. The molecule has 0 aliphatic rings. The number of sulfonamides is 1. The molecule has 162 valence electrons. The van der Waals surface area contributed by atoms with E-state index in [2.05, 4.69) is 0 Å². The van der Waals surface area contributed by atoms with E-state index >= 15 is 0 Å². The zero-order valence-electron chi connectivity index (χ0n) is 16.7. The molecular formula is C22H19Cl2NO5S. The van der Waals surface area contributed by atoms with Crippen molar-refractivity contribution in [2.24, 2.45) is 0 Å². The molecule has 9 heteroatoms. The Kier molecular flexibility index (Phi) is 6.79. The second-order valence-corrected chi connectivity index (χ2v) is 9.64. The number of benzene rings is 3. The van der Waals surface area contributed by atoms with E-state index in [0.717, 1.165) is 21.7 Å². The van der Waals surface area contributed by atoms with E-state index in [1.807, 2.05) is 19.1 Å². The molecule has 0 amide bonds. The second kappa shape index (κ2) is 9.18. The molecule has 3 aromatic carbocycles. The van der Waals surface area contributed by atoms with Crippen LogP contribution in [0.1, 0.15) is 5.56 Å². The third-order valence-electron chi connectivity index (χ3n) is 4.40. The van der Waals surface area contributed by atoms with Gasteiger partial charge in [0.05, 0.1) is 17.0 Å². The summed E-state index contributed by atoms with van der Waals surface area (Å²) in [6.45, 7) is 1.25. The van der Waals surface area contributed by atoms with Crippen LogP contribution in [0.2, 0.25) is 10.0 Å². The van der Waals surface area contributed by atoms with Gasteiger partial charge in [0.2, 0.25) is 10.0 Å². The summed E-state index contributed by atoms with van der Waals surface area (Å²) in [6, 6.07) is 17.0. The van der Waals surface area contributed by atoms with Crippen LogP contribution in [-0.4, -0.2) is 32.3 Å². The third kappa shape index (κ3) is 5.70. The van der Waals surface area contributed by atoms with E-state index in [4.69, 9.17) is 33.0 Å². The van der Waals surface area contributed by atoms with Gasteiger partial charge in [-0.05, 0) is 54.4 Å². The maximum Gasteiger partial charge on any atom is 0.324 e. The molecule has 0 fully saturated rings. The van der Waals surface area contributed by atoms with Gasteiger partial charge in [0, 0.05) is 16.7 Å². The summed E-state index contributed by atoms with van der Waals surface area (Å²) in [6.07, 6.45) is 0.959. The lowest BCUT2D eigenvalue weighted by Gasteiger charge is -2.20. The lowest BCUT2D eigenvalue weighted by molar-refractivity contribution is -0.135. The second-order valence-electron chi connectivity index (χ2n) is 6.89. The molecule has 0 aliphatic carbocycles. The lowest BCUT2D eigenvalue weighted by atomic mass is 10.0. The van der Waals surface area contributed by atoms with E-state index < -0.39 is 22.5 Å².